The molecule has 0 saturated carbocycles. The van der Waals surface area contributed by atoms with Crippen molar-refractivity contribution in [3.05, 3.63) is 81.9 Å². The number of pyridine rings is 1. The third-order valence-corrected chi connectivity index (χ3v) is 4.63. The monoisotopic (exact) mass is 372 g/mol. The Kier molecular flexibility index (Phi) is 5.20. The zero-order valence-corrected chi connectivity index (χ0v) is 15.4. The van der Waals surface area contributed by atoms with Crippen molar-refractivity contribution in [2.45, 2.75) is 25.9 Å². The van der Waals surface area contributed by atoms with Crippen LogP contribution >= 0.6 is 0 Å². The molecule has 2 aromatic heterocycles. The molecule has 0 N–H and O–H groups in total. The number of aromatic nitrogens is 2. The molecule has 0 amide bonds. The average Bonchev–Trinajstić information content (AvgIpc) is 2.62. The van der Waals surface area contributed by atoms with Crippen LogP contribution in [0.1, 0.15) is 36.3 Å². The fourth-order valence-electron chi connectivity index (χ4n) is 2.89. The summed E-state index contributed by atoms with van der Waals surface area (Å²) in [6.45, 7) is 1.80. The fraction of sp³-hybridized carbons (Fsp3) is 0.263. The maximum Gasteiger partial charge on any atom is 0.265 e. The topological polar surface area (TPSA) is 77.7 Å². The van der Waals surface area contributed by atoms with Crippen LogP contribution in [-0.4, -0.2) is 24.1 Å². The molecular formula is C19H20N2O4S. The lowest BCUT2D eigenvalue weighted by molar-refractivity contribution is 0.205. The van der Waals surface area contributed by atoms with Gasteiger partial charge in [-0.15, -0.1) is 0 Å². The minimum absolute atomic E-state index is 0.218. The van der Waals surface area contributed by atoms with E-state index >= 15 is 0 Å². The molecule has 0 bridgehead atoms. The van der Waals surface area contributed by atoms with Crippen molar-refractivity contribution in [3.8, 4) is 0 Å². The molecular weight excluding hydrogens is 352 g/mol. The van der Waals surface area contributed by atoms with Crippen molar-refractivity contribution >= 4 is 15.8 Å². The molecule has 3 rings (SSSR count). The zero-order valence-electron chi connectivity index (χ0n) is 14.6. The third kappa shape index (κ3) is 4.00. The van der Waals surface area contributed by atoms with Crippen LogP contribution in [0.15, 0.2) is 59.5 Å². The first-order valence-corrected chi connectivity index (χ1v) is 10.1. The number of fused-ring (bicyclic) bond motifs is 1. The molecule has 0 fully saturated rings. The first-order valence-electron chi connectivity index (χ1n) is 8.31. The van der Waals surface area contributed by atoms with Gasteiger partial charge in [0, 0.05) is 18.2 Å². The Morgan fingerprint density at radius 2 is 1.81 bits per heavy atom. The van der Waals surface area contributed by atoms with Crippen molar-refractivity contribution < 1.29 is 12.6 Å². The summed E-state index contributed by atoms with van der Waals surface area (Å²) in [5, 5.41) is 0. The van der Waals surface area contributed by atoms with E-state index in [0.717, 1.165) is 11.8 Å². The van der Waals surface area contributed by atoms with Crippen LogP contribution in [0.4, 0.5) is 0 Å². The highest BCUT2D eigenvalue weighted by molar-refractivity contribution is 7.86. The maximum absolute atomic E-state index is 13.1. The van der Waals surface area contributed by atoms with Gasteiger partial charge >= 0.3 is 0 Å². The van der Waals surface area contributed by atoms with Gasteiger partial charge in [0.1, 0.15) is 11.8 Å². The summed E-state index contributed by atoms with van der Waals surface area (Å²) in [5.74, 6) is 0. The third-order valence-electron chi connectivity index (χ3n) is 4.05. The van der Waals surface area contributed by atoms with Gasteiger partial charge in [0.15, 0.2) is 0 Å². The van der Waals surface area contributed by atoms with E-state index in [1.165, 1.54) is 4.40 Å². The van der Waals surface area contributed by atoms with Gasteiger partial charge in [0.25, 0.3) is 15.7 Å². The summed E-state index contributed by atoms with van der Waals surface area (Å²) in [4.78, 5) is 17.6. The second-order valence-electron chi connectivity index (χ2n) is 6.07. The molecule has 3 aromatic rings. The number of rotatable bonds is 6. The number of hydrogen-bond donors (Lipinski definition) is 0. The number of benzene rings is 1. The van der Waals surface area contributed by atoms with Gasteiger partial charge in [-0.3, -0.25) is 13.4 Å². The summed E-state index contributed by atoms with van der Waals surface area (Å²) in [5.41, 5.74) is 2.00. The predicted molar refractivity (Wildman–Crippen MR) is 99.7 cm³/mol. The lowest BCUT2D eigenvalue weighted by Gasteiger charge is -2.18. The van der Waals surface area contributed by atoms with Crippen LogP contribution in [0, 0.1) is 0 Å². The molecule has 0 spiro atoms. The molecule has 0 radical (unpaired) electrons. The molecule has 1 aromatic carbocycles. The zero-order chi connectivity index (χ0) is 18.7. The lowest BCUT2D eigenvalue weighted by atomic mass is 10.0. The molecule has 26 heavy (non-hydrogen) atoms. The Morgan fingerprint density at radius 1 is 1.12 bits per heavy atom. The minimum Gasteiger partial charge on any atom is -0.269 e. The van der Waals surface area contributed by atoms with Crippen molar-refractivity contribution in [1.82, 2.24) is 9.38 Å². The highest BCUT2D eigenvalue weighted by Crippen LogP contribution is 2.25. The van der Waals surface area contributed by atoms with Crippen LogP contribution in [0.5, 0.6) is 0 Å². The molecule has 1 unspecified atom stereocenters. The van der Waals surface area contributed by atoms with E-state index in [9.17, 15) is 13.2 Å². The molecule has 136 valence electrons. The summed E-state index contributed by atoms with van der Waals surface area (Å²) in [6, 6.07) is 14.8. The smallest absolute Gasteiger partial charge is 0.265 e. The molecule has 6 nitrogen and oxygen atoms in total. The van der Waals surface area contributed by atoms with Crippen LogP contribution in [0.2, 0.25) is 0 Å². The second kappa shape index (κ2) is 7.39. The van der Waals surface area contributed by atoms with E-state index in [1.54, 1.807) is 31.3 Å². The standard InChI is InChI=1S/C19H20N2O4S/c1-3-16(25-26(2,23)24)18-15(13-14-9-5-4-6-10-14)19(22)21-12-8-7-11-17(21)20-18/h4-12,16H,3,13H2,1-2H3. The van der Waals surface area contributed by atoms with Crippen molar-refractivity contribution in [2.24, 2.45) is 0 Å². The maximum atomic E-state index is 13.1. The molecule has 1 atom stereocenters. The SMILES string of the molecule is CCC(OS(C)(=O)=O)c1nc2ccccn2c(=O)c1Cc1ccccc1. The van der Waals surface area contributed by atoms with Crippen LogP contribution in [0.3, 0.4) is 0 Å². The van der Waals surface area contributed by atoms with Gasteiger partial charge in [-0.2, -0.15) is 8.42 Å². The number of nitrogens with zero attached hydrogens (tertiary/aromatic N) is 2. The second-order valence-corrected chi connectivity index (χ2v) is 7.67. The van der Waals surface area contributed by atoms with Crippen LogP contribution in [0.25, 0.3) is 5.65 Å². The minimum atomic E-state index is -3.69. The fourth-order valence-corrected chi connectivity index (χ4v) is 3.54. The van der Waals surface area contributed by atoms with Gasteiger partial charge in [-0.05, 0) is 24.1 Å². The predicted octanol–water partition coefficient (Wildman–Crippen LogP) is 2.71. The summed E-state index contributed by atoms with van der Waals surface area (Å²) in [6.07, 6.45) is 2.58. The van der Waals surface area contributed by atoms with Crippen molar-refractivity contribution in [2.75, 3.05) is 6.26 Å². The summed E-state index contributed by atoms with van der Waals surface area (Å²) < 4.78 is 30.0. The molecule has 0 aliphatic heterocycles. The van der Waals surface area contributed by atoms with Gasteiger partial charge in [-0.25, -0.2) is 4.98 Å². The van der Waals surface area contributed by atoms with Crippen LogP contribution < -0.4 is 5.56 Å². The molecule has 7 heteroatoms. The van der Waals surface area contributed by atoms with Gasteiger partial charge in [-0.1, -0.05) is 43.3 Å². The first-order chi connectivity index (χ1) is 12.4. The van der Waals surface area contributed by atoms with Gasteiger partial charge in [0.2, 0.25) is 0 Å². The molecule has 2 heterocycles. The van der Waals surface area contributed by atoms with E-state index in [2.05, 4.69) is 4.98 Å². The first kappa shape index (κ1) is 18.3. The quantitative estimate of drug-likeness (QED) is 0.622. The van der Waals surface area contributed by atoms with E-state index in [4.69, 9.17) is 4.18 Å². The molecule has 0 aliphatic carbocycles. The average molecular weight is 372 g/mol. The van der Waals surface area contributed by atoms with E-state index in [0.29, 0.717) is 29.7 Å². The highest BCUT2D eigenvalue weighted by Gasteiger charge is 2.24. The normalized spacial score (nSPS) is 13.0. The largest absolute Gasteiger partial charge is 0.269 e. The van der Waals surface area contributed by atoms with E-state index < -0.39 is 16.2 Å². The van der Waals surface area contributed by atoms with E-state index in [-0.39, 0.29) is 5.56 Å². The Bertz CT molecular complexity index is 1080. The Balaban J connectivity index is 2.21. The molecule has 0 saturated heterocycles. The van der Waals surface area contributed by atoms with Gasteiger partial charge in [0.05, 0.1) is 11.9 Å². The number of hydrogen-bond acceptors (Lipinski definition) is 5. The Morgan fingerprint density at radius 3 is 2.46 bits per heavy atom. The van der Waals surface area contributed by atoms with Gasteiger partial charge < -0.3 is 0 Å². The van der Waals surface area contributed by atoms with Crippen molar-refractivity contribution in [3.63, 3.8) is 0 Å². The Hall–Kier alpha value is -2.51. The van der Waals surface area contributed by atoms with Crippen molar-refractivity contribution in [1.29, 1.82) is 0 Å². The lowest BCUT2D eigenvalue weighted by Crippen LogP contribution is -2.25. The molecule has 0 aliphatic rings. The Labute approximate surface area is 152 Å². The summed E-state index contributed by atoms with van der Waals surface area (Å²) >= 11 is 0. The van der Waals surface area contributed by atoms with Crippen LogP contribution in [-0.2, 0) is 20.7 Å². The highest BCUT2D eigenvalue weighted by atomic mass is 32.2. The summed E-state index contributed by atoms with van der Waals surface area (Å²) in [7, 11) is -3.69. The van der Waals surface area contributed by atoms with E-state index in [1.807, 2.05) is 30.3 Å².